The summed E-state index contributed by atoms with van der Waals surface area (Å²) in [4.78, 5) is 51.3. The summed E-state index contributed by atoms with van der Waals surface area (Å²) >= 11 is 0. The molecular formula is O8P2TiZn. The van der Waals surface area contributed by atoms with Crippen LogP contribution in [0.5, 0.6) is 0 Å². The minimum atomic E-state index is -5.39. The molecule has 0 aliphatic heterocycles. The Bertz CT molecular complexity index is 129. The predicted molar refractivity (Wildman–Crippen MR) is 15.2 cm³/mol. The van der Waals surface area contributed by atoms with Gasteiger partial charge < -0.3 is 38.5 Å². The fourth-order valence-electron chi connectivity index (χ4n) is 0. The summed E-state index contributed by atoms with van der Waals surface area (Å²) in [7, 11) is -10.8. The van der Waals surface area contributed by atoms with Crippen LogP contribution in [-0.2, 0) is 50.3 Å². The Hall–Kier alpha value is 1.56. The van der Waals surface area contributed by atoms with Gasteiger partial charge in [-0.2, -0.15) is 15.6 Å². The van der Waals surface area contributed by atoms with Crippen molar-refractivity contribution in [2.45, 2.75) is 0 Å². The molecule has 0 rings (SSSR count). The van der Waals surface area contributed by atoms with Crippen LogP contribution in [0.25, 0.3) is 0 Å². The van der Waals surface area contributed by atoms with Crippen LogP contribution in [0.1, 0.15) is 0 Å². The van der Waals surface area contributed by atoms with Crippen molar-refractivity contribution in [3.8, 4) is 0 Å². The first-order valence-electron chi connectivity index (χ1n) is 1.46. The van der Waals surface area contributed by atoms with Gasteiger partial charge in [0.15, 0.2) is 0 Å². The molecule has 0 unspecified atom stereocenters. The molecule has 0 aliphatic rings. The van der Waals surface area contributed by atoms with E-state index in [-0.39, 0.29) is 41.2 Å². The van der Waals surface area contributed by atoms with E-state index in [4.69, 9.17) is 38.5 Å². The van der Waals surface area contributed by atoms with Crippen molar-refractivity contribution >= 4 is 15.6 Å². The molecule has 0 aromatic heterocycles. The Balaban J connectivity index is -0.0000000457. The van der Waals surface area contributed by atoms with Gasteiger partial charge in [0.1, 0.15) is 0 Å². The fourth-order valence-corrected chi connectivity index (χ4v) is 0. The van der Waals surface area contributed by atoms with Crippen LogP contribution in [0.15, 0.2) is 0 Å². The Morgan fingerprint density at radius 1 is 0.667 bits per heavy atom. The van der Waals surface area contributed by atoms with Gasteiger partial charge in [-0.25, -0.2) is 0 Å². The fraction of sp³-hybridized carbons (Fsp3) is 0. The van der Waals surface area contributed by atoms with Crippen molar-refractivity contribution in [1.82, 2.24) is 0 Å². The maximum absolute atomic E-state index is 8.55. The molecule has 0 spiro atoms. The van der Waals surface area contributed by atoms with E-state index in [0.29, 0.717) is 0 Å². The van der Waals surface area contributed by atoms with Gasteiger partial charge in [-0.1, -0.05) is 0 Å². The molecule has 0 N–H and O–H groups in total. The van der Waals surface area contributed by atoms with Crippen LogP contribution in [0.4, 0.5) is 0 Å². The van der Waals surface area contributed by atoms with Crippen molar-refractivity contribution in [1.29, 1.82) is 0 Å². The van der Waals surface area contributed by atoms with Crippen molar-refractivity contribution in [2.24, 2.45) is 0 Å². The SMILES string of the molecule is O=P([O-])([O-])[O-].O=P([O-])([O-])[O-].[Ti+4].[Zn+2]. The third kappa shape index (κ3) is 531. The van der Waals surface area contributed by atoms with Crippen LogP contribution in [0, 0.1) is 0 Å². The van der Waals surface area contributed by atoms with E-state index in [2.05, 4.69) is 0 Å². The van der Waals surface area contributed by atoms with Gasteiger partial charge in [0.05, 0.1) is 0 Å². The first kappa shape index (κ1) is 23.4. The summed E-state index contributed by atoms with van der Waals surface area (Å²) < 4.78 is 17.1. The smallest absolute Gasteiger partial charge is 0.822 e. The summed E-state index contributed by atoms with van der Waals surface area (Å²) in [6.45, 7) is 0. The zero-order chi connectivity index (χ0) is 9.00. The number of hydrogen-bond donors (Lipinski definition) is 0. The van der Waals surface area contributed by atoms with Crippen molar-refractivity contribution < 1.29 is 79.7 Å². The van der Waals surface area contributed by atoms with Crippen molar-refractivity contribution in [2.75, 3.05) is 0 Å². The molecule has 0 amide bonds. The molecular weight excluding hydrogens is 303 g/mol. The van der Waals surface area contributed by atoms with Crippen LogP contribution < -0.4 is 29.4 Å². The van der Waals surface area contributed by atoms with E-state index < -0.39 is 15.6 Å². The number of rotatable bonds is 0. The predicted octanol–water partition coefficient (Wildman–Crippen LogP) is -5.65. The van der Waals surface area contributed by atoms with Gasteiger partial charge in [-0.15, -0.1) is 0 Å². The molecule has 0 radical (unpaired) electrons. The second-order valence-corrected chi connectivity index (χ2v) is 2.68. The van der Waals surface area contributed by atoms with Gasteiger partial charge >= 0.3 is 41.2 Å². The first-order chi connectivity index (χ1) is 4.00. The number of phosphoric acid groups is 2. The second-order valence-electron chi connectivity index (χ2n) is 0.894. The monoisotopic (exact) mass is 302 g/mol. The average Bonchev–Trinajstić information content (AvgIpc) is 1.12. The zero-order valence-electron chi connectivity index (χ0n) is 5.37. The molecule has 0 saturated heterocycles. The Labute approximate surface area is 95.1 Å². The van der Waals surface area contributed by atoms with Crippen LogP contribution in [0.3, 0.4) is 0 Å². The van der Waals surface area contributed by atoms with Crippen molar-refractivity contribution in [3.05, 3.63) is 0 Å². The van der Waals surface area contributed by atoms with E-state index in [0.717, 1.165) is 0 Å². The second kappa shape index (κ2) is 9.13. The Morgan fingerprint density at radius 2 is 0.667 bits per heavy atom. The summed E-state index contributed by atoms with van der Waals surface area (Å²) in [6, 6.07) is 0. The maximum Gasteiger partial charge on any atom is 4.00 e. The molecule has 0 atom stereocenters. The number of hydrogen-bond acceptors (Lipinski definition) is 8. The standard InChI is InChI=1S/2H3O4P.Ti.Zn/c2*1-5(2,3)4;;/h2*(H3,1,2,3,4);;/q;;+4;+2/p-6. The molecule has 0 bridgehead atoms. The van der Waals surface area contributed by atoms with Crippen LogP contribution in [-0.4, -0.2) is 0 Å². The van der Waals surface area contributed by atoms with Gasteiger partial charge in [0.25, 0.3) is 0 Å². The normalized spacial score (nSPS) is 9.83. The largest absolute Gasteiger partial charge is 4.00 e. The Morgan fingerprint density at radius 3 is 0.667 bits per heavy atom. The third-order valence-electron chi connectivity index (χ3n) is 0. The molecule has 8 nitrogen and oxygen atoms in total. The van der Waals surface area contributed by atoms with E-state index in [9.17, 15) is 0 Å². The van der Waals surface area contributed by atoms with Gasteiger partial charge in [-0.05, 0) is 0 Å². The topological polar surface area (TPSA) is 172 Å². The molecule has 0 aromatic carbocycles. The van der Waals surface area contributed by atoms with Crippen LogP contribution >= 0.6 is 15.6 Å². The average molecular weight is 303 g/mol. The quantitative estimate of drug-likeness (QED) is 0.314. The summed E-state index contributed by atoms with van der Waals surface area (Å²) in [6.07, 6.45) is 0. The molecule has 0 heterocycles. The molecule has 0 fully saturated rings. The minimum Gasteiger partial charge on any atom is -0.822 e. The van der Waals surface area contributed by atoms with Gasteiger partial charge in [0.2, 0.25) is 0 Å². The summed E-state index contributed by atoms with van der Waals surface area (Å²) in [5.74, 6) is 0. The summed E-state index contributed by atoms with van der Waals surface area (Å²) in [5, 5.41) is 0. The molecule has 12 heavy (non-hydrogen) atoms. The van der Waals surface area contributed by atoms with E-state index >= 15 is 0 Å². The van der Waals surface area contributed by atoms with Gasteiger partial charge in [0, 0.05) is 0 Å². The van der Waals surface area contributed by atoms with Crippen LogP contribution in [0.2, 0.25) is 0 Å². The van der Waals surface area contributed by atoms with E-state index in [1.165, 1.54) is 0 Å². The first-order valence-corrected chi connectivity index (χ1v) is 4.38. The van der Waals surface area contributed by atoms with Gasteiger partial charge in [-0.3, -0.25) is 0 Å². The minimum absolute atomic E-state index is 0. The van der Waals surface area contributed by atoms with E-state index in [1.54, 1.807) is 0 Å². The molecule has 12 heteroatoms. The maximum atomic E-state index is 8.55. The zero-order valence-corrected chi connectivity index (χ0v) is 11.7. The molecule has 0 aromatic rings. The Kier molecular flexibility index (Phi) is 17.8. The molecule has 0 saturated carbocycles. The van der Waals surface area contributed by atoms with Crippen molar-refractivity contribution in [3.63, 3.8) is 0 Å². The summed E-state index contributed by atoms with van der Waals surface area (Å²) in [5.41, 5.74) is 0. The third-order valence-corrected chi connectivity index (χ3v) is 0. The molecule has 64 valence electrons. The van der Waals surface area contributed by atoms with E-state index in [1.807, 2.05) is 0 Å². The molecule has 0 aliphatic carbocycles.